The first-order valence-electron chi connectivity index (χ1n) is 2.75. The molecular weight excluding hydrogens is 118 g/mol. The third-order valence-electron chi connectivity index (χ3n) is 0.860. The summed E-state index contributed by atoms with van der Waals surface area (Å²) < 4.78 is 5.08. The first kappa shape index (κ1) is 6.10. The van der Waals surface area contributed by atoms with Gasteiger partial charge in [0.15, 0.2) is 5.75 Å². The van der Waals surface area contributed by atoms with Crippen LogP contribution in [-0.2, 0) is 0 Å². The monoisotopic (exact) mass is 127 g/mol. The minimum absolute atomic E-state index is 0.533. The molecule has 50 valence electrons. The van der Waals surface area contributed by atoms with E-state index in [0.717, 1.165) is 5.75 Å². The van der Waals surface area contributed by atoms with Gasteiger partial charge < -0.3 is 10.5 Å². The predicted octanol–water partition coefficient (Wildman–Crippen LogP) is -0.253. The first-order chi connectivity index (χ1) is 4.43. The lowest BCUT2D eigenvalue weighted by Crippen LogP contribution is -2.10. The van der Waals surface area contributed by atoms with E-state index >= 15 is 0 Å². The maximum Gasteiger partial charge on any atom is 0.156 e. The smallest absolute Gasteiger partial charge is 0.156 e. The van der Waals surface area contributed by atoms with Gasteiger partial charge in [0.25, 0.3) is 0 Å². The second-order valence-corrected chi connectivity index (χ2v) is 1.57. The molecule has 1 heterocycles. The molecule has 0 bridgehead atoms. The predicted molar refractivity (Wildman–Crippen MR) is 33.1 cm³/mol. The normalized spacial score (nSPS) is 9.44. The van der Waals surface area contributed by atoms with Gasteiger partial charge in [-0.2, -0.15) is 5.10 Å². The molecule has 0 aliphatic heterocycles. The van der Waals surface area contributed by atoms with Gasteiger partial charge in [0, 0.05) is 6.54 Å². The number of nitrogens with two attached hydrogens (primary N) is 1. The molecule has 0 spiro atoms. The molecule has 0 amide bonds. The Bertz CT molecular complexity index is 149. The Morgan fingerprint density at radius 1 is 1.78 bits per heavy atom. The molecule has 0 radical (unpaired) electrons. The Kier molecular flexibility index (Phi) is 2.09. The second kappa shape index (κ2) is 3.09. The molecule has 0 fully saturated rings. The summed E-state index contributed by atoms with van der Waals surface area (Å²) in [7, 11) is 0. The number of hydrogen-bond acceptors (Lipinski definition) is 3. The van der Waals surface area contributed by atoms with Crippen molar-refractivity contribution in [2.45, 2.75) is 0 Å². The first-order valence-corrected chi connectivity index (χ1v) is 2.75. The summed E-state index contributed by atoms with van der Waals surface area (Å²) in [6.45, 7) is 1.07. The second-order valence-electron chi connectivity index (χ2n) is 1.57. The number of rotatable bonds is 3. The molecule has 0 unspecified atom stereocenters. The van der Waals surface area contributed by atoms with Crippen molar-refractivity contribution in [1.82, 2.24) is 10.2 Å². The van der Waals surface area contributed by atoms with Gasteiger partial charge in [0.05, 0.1) is 12.4 Å². The van der Waals surface area contributed by atoms with Crippen molar-refractivity contribution in [2.75, 3.05) is 13.2 Å². The van der Waals surface area contributed by atoms with Crippen molar-refractivity contribution in [1.29, 1.82) is 0 Å². The molecule has 9 heavy (non-hydrogen) atoms. The highest BCUT2D eigenvalue weighted by Crippen LogP contribution is 2.02. The molecule has 0 aliphatic rings. The number of aromatic nitrogens is 2. The summed E-state index contributed by atoms with van der Waals surface area (Å²) in [5.74, 6) is 0.737. The SMILES string of the molecule is NCCOc1cn[nH]c1. The summed E-state index contributed by atoms with van der Waals surface area (Å²) in [4.78, 5) is 0. The number of hydrogen-bond donors (Lipinski definition) is 2. The molecular formula is C5H9N3O. The summed E-state index contributed by atoms with van der Waals surface area (Å²) in [6, 6.07) is 0. The highest BCUT2D eigenvalue weighted by atomic mass is 16.5. The van der Waals surface area contributed by atoms with Crippen LogP contribution >= 0.6 is 0 Å². The van der Waals surface area contributed by atoms with E-state index in [1.807, 2.05) is 0 Å². The average molecular weight is 127 g/mol. The van der Waals surface area contributed by atoms with Crippen LogP contribution in [0.1, 0.15) is 0 Å². The van der Waals surface area contributed by atoms with Crippen LogP contribution in [-0.4, -0.2) is 23.3 Å². The fourth-order valence-corrected chi connectivity index (χ4v) is 0.495. The van der Waals surface area contributed by atoms with Crippen LogP contribution in [0.5, 0.6) is 5.75 Å². The Labute approximate surface area is 53.0 Å². The van der Waals surface area contributed by atoms with E-state index < -0.39 is 0 Å². The van der Waals surface area contributed by atoms with Crippen molar-refractivity contribution in [3.63, 3.8) is 0 Å². The van der Waals surface area contributed by atoms with Gasteiger partial charge in [-0.1, -0.05) is 0 Å². The van der Waals surface area contributed by atoms with Crippen molar-refractivity contribution in [2.24, 2.45) is 5.73 Å². The molecule has 0 aliphatic carbocycles. The number of nitrogens with zero attached hydrogens (tertiary/aromatic N) is 1. The highest BCUT2D eigenvalue weighted by Gasteiger charge is 1.89. The Morgan fingerprint density at radius 2 is 2.67 bits per heavy atom. The van der Waals surface area contributed by atoms with Crippen LogP contribution in [0.25, 0.3) is 0 Å². The molecule has 3 N–H and O–H groups in total. The van der Waals surface area contributed by atoms with E-state index in [1.165, 1.54) is 0 Å². The Hall–Kier alpha value is -1.03. The standard InChI is InChI=1S/C5H9N3O/c6-1-2-9-5-3-7-8-4-5/h3-4H,1-2,6H2,(H,7,8). The number of H-pyrrole nitrogens is 1. The van der Waals surface area contributed by atoms with Crippen LogP contribution in [0, 0.1) is 0 Å². The maximum atomic E-state index is 5.19. The van der Waals surface area contributed by atoms with Gasteiger partial charge in [-0.3, -0.25) is 5.10 Å². The van der Waals surface area contributed by atoms with E-state index in [4.69, 9.17) is 10.5 Å². The lowest BCUT2D eigenvalue weighted by atomic mass is 10.6. The number of nitrogens with one attached hydrogen (secondary N) is 1. The zero-order chi connectivity index (χ0) is 6.53. The molecule has 0 aromatic carbocycles. The van der Waals surface area contributed by atoms with E-state index in [2.05, 4.69) is 10.2 Å². The van der Waals surface area contributed by atoms with Crippen LogP contribution in [0.2, 0.25) is 0 Å². The quantitative estimate of drug-likeness (QED) is 0.588. The van der Waals surface area contributed by atoms with Gasteiger partial charge in [-0.25, -0.2) is 0 Å². The van der Waals surface area contributed by atoms with E-state index in [0.29, 0.717) is 13.2 Å². The third-order valence-corrected chi connectivity index (χ3v) is 0.860. The van der Waals surface area contributed by atoms with Crippen molar-refractivity contribution in [3.05, 3.63) is 12.4 Å². The van der Waals surface area contributed by atoms with Gasteiger partial charge >= 0.3 is 0 Å². The Balaban J connectivity index is 2.30. The summed E-state index contributed by atoms with van der Waals surface area (Å²) in [5, 5.41) is 6.31. The fourth-order valence-electron chi connectivity index (χ4n) is 0.495. The zero-order valence-corrected chi connectivity index (χ0v) is 5.00. The molecule has 4 heteroatoms. The average Bonchev–Trinajstić information content (AvgIpc) is 2.34. The number of ether oxygens (including phenoxy) is 1. The van der Waals surface area contributed by atoms with Crippen molar-refractivity contribution in [3.8, 4) is 5.75 Å². The van der Waals surface area contributed by atoms with Crippen LogP contribution in [0.3, 0.4) is 0 Å². The van der Waals surface area contributed by atoms with E-state index in [1.54, 1.807) is 12.4 Å². The van der Waals surface area contributed by atoms with Crippen LogP contribution < -0.4 is 10.5 Å². The lowest BCUT2D eigenvalue weighted by Gasteiger charge is -1.96. The summed E-state index contributed by atoms with van der Waals surface area (Å²) in [5.41, 5.74) is 5.19. The van der Waals surface area contributed by atoms with Gasteiger partial charge in [-0.15, -0.1) is 0 Å². The molecule has 0 saturated heterocycles. The zero-order valence-electron chi connectivity index (χ0n) is 5.00. The summed E-state index contributed by atoms with van der Waals surface area (Å²) in [6.07, 6.45) is 3.28. The van der Waals surface area contributed by atoms with Gasteiger partial charge in [0.1, 0.15) is 6.61 Å². The molecule has 4 nitrogen and oxygen atoms in total. The summed E-state index contributed by atoms with van der Waals surface area (Å²) >= 11 is 0. The van der Waals surface area contributed by atoms with Gasteiger partial charge in [-0.05, 0) is 0 Å². The minimum atomic E-state index is 0.533. The lowest BCUT2D eigenvalue weighted by molar-refractivity contribution is 0.328. The number of aromatic amines is 1. The van der Waals surface area contributed by atoms with Crippen molar-refractivity contribution < 1.29 is 4.74 Å². The fraction of sp³-hybridized carbons (Fsp3) is 0.400. The molecule has 1 aromatic rings. The molecule has 0 atom stereocenters. The van der Waals surface area contributed by atoms with E-state index in [-0.39, 0.29) is 0 Å². The Morgan fingerprint density at radius 3 is 3.22 bits per heavy atom. The molecule has 0 saturated carbocycles. The maximum absolute atomic E-state index is 5.19. The van der Waals surface area contributed by atoms with Crippen LogP contribution in [0.4, 0.5) is 0 Å². The molecule has 1 rings (SSSR count). The van der Waals surface area contributed by atoms with Crippen molar-refractivity contribution >= 4 is 0 Å². The third kappa shape index (κ3) is 1.73. The van der Waals surface area contributed by atoms with Crippen LogP contribution in [0.15, 0.2) is 12.4 Å². The largest absolute Gasteiger partial charge is 0.489 e. The van der Waals surface area contributed by atoms with Gasteiger partial charge in [0.2, 0.25) is 0 Å². The molecule has 1 aromatic heterocycles. The van der Waals surface area contributed by atoms with E-state index in [9.17, 15) is 0 Å². The highest BCUT2D eigenvalue weighted by molar-refractivity contribution is 5.09. The minimum Gasteiger partial charge on any atom is -0.489 e. The topological polar surface area (TPSA) is 63.9 Å².